The van der Waals surface area contributed by atoms with E-state index < -0.39 is 0 Å². The zero-order valence-corrected chi connectivity index (χ0v) is 15.5. The molecule has 5 nitrogen and oxygen atoms in total. The van der Waals surface area contributed by atoms with E-state index in [-0.39, 0.29) is 0 Å². The highest BCUT2D eigenvalue weighted by Gasteiger charge is 2.12. The van der Waals surface area contributed by atoms with Gasteiger partial charge >= 0.3 is 0 Å². The third-order valence-corrected chi connectivity index (χ3v) is 4.53. The van der Waals surface area contributed by atoms with Gasteiger partial charge in [0.1, 0.15) is 5.82 Å². The molecule has 0 unspecified atom stereocenters. The number of piperazine rings is 1. The van der Waals surface area contributed by atoms with Gasteiger partial charge in [-0.05, 0) is 42.3 Å². The molecule has 3 rings (SSSR count). The number of hydrogen-bond acceptors (Lipinski definition) is 5. The fourth-order valence-electron chi connectivity index (χ4n) is 3.17. The second-order valence-electron chi connectivity index (χ2n) is 6.33. The minimum atomic E-state index is 0.759. The van der Waals surface area contributed by atoms with Crippen LogP contribution in [0, 0.1) is 0 Å². The summed E-state index contributed by atoms with van der Waals surface area (Å²) in [4.78, 5) is 6.97. The summed E-state index contributed by atoms with van der Waals surface area (Å²) in [5, 5.41) is 6.47. The topological polar surface area (TPSA) is 66.2 Å². The molecule has 1 saturated heterocycles. The number of nitrogens with two attached hydrogens (primary N) is 1. The minimum Gasteiger partial charge on any atom is -0.398 e. The number of aromatic nitrogens is 1. The number of rotatable bonds is 5. The highest BCUT2D eigenvalue weighted by Crippen LogP contribution is 2.30. The molecule has 0 bridgehead atoms. The van der Waals surface area contributed by atoms with Crippen molar-refractivity contribution in [2.24, 2.45) is 0 Å². The summed E-state index contributed by atoms with van der Waals surface area (Å²) in [6.45, 7) is 6.01. The van der Waals surface area contributed by atoms with Gasteiger partial charge in [0, 0.05) is 62.4 Å². The second-order valence-corrected chi connectivity index (χ2v) is 6.33. The standard InChI is InChI=1S/C21H27N5/c1-3-4-17(14-23-2)16-5-7-20(22)19(13-16)18-6-8-21(25-15-18)26-11-9-24-10-12-26/h3-8,13-15,23-24H,9-12,22H2,1-2H3/b4-3-,17-14+. The maximum absolute atomic E-state index is 6.25. The number of nitrogens with zero attached hydrogens (tertiary/aromatic N) is 2. The van der Waals surface area contributed by atoms with Crippen LogP contribution in [0.2, 0.25) is 0 Å². The minimum absolute atomic E-state index is 0.759. The van der Waals surface area contributed by atoms with Gasteiger partial charge in [-0.3, -0.25) is 0 Å². The monoisotopic (exact) mass is 349 g/mol. The summed E-state index contributed by atoms with van der Waals surface area (Å²) >= 11 is 0. The van der Waals surface area contributed by atoms with Crippen molar-refractivity contribution in [3.8, 4) is 11.1 Å². The molecule has 0 saturated carbocycles. The number of hydrogen-bond donors (Lipinski definition) is 3. The van der Waals surface area contributed by atoms with Crippen LogP contribution in [0.25, 0.3) is 16.7 Å². The van der Waals surface area contributed by atoms with Crippen LogP contribution in [-0.2, 0) is 0 Å². The fraction of sp³-hybridized carbons (Fsp3) is 0.286. The van der Waals surface area contributed by atoms with Crippen LogP contribution < -0.4 is 21.3 Å². The van der Waals surface area contributed by atoms with Gasteiger partial charge in [0.15, 0.2) is 0 Å². The molecular formula is C21H27N5. The van der Waals surface area contributed by atoms with Crippen molar-refractivity contribution >= 4 is 17.1 Å². The van der Waals surface area contributed by atoms with Gasteiger partial charge in [0.2, 0.25) is 0 Å². The van der Waals surface area contributed by atoms with Gasteiger partial charge in [-0.15, -0.1) is 0 Å². The van der Waals surface area contributed by atoms with Gasteiger partial charge in [-0.1, -0.05) is 18.2 Å². The molecule has 0 spiro atoms. The second kappa shape index (κ2) is 8.54. The highest BCUT2D eigenvalue weighted by molar-refractivity contribution is 5.83. The lowest BCUT2D eigenvalue weighted by atomic mass is 9.98. The van der Waals surface area contributed by atoms with Crippen LogP contribution in [-0.4, -0.2) is 38.2 Å². The SMILES string of the molecule is C/C=C\C(=C/NC)c1ccc(N)c(-c2ccc(N3CCNCC3)nc2)c1. The molecule has 1 aliphatic rings. The lowest BCUT2D eigenvalue weighted by Gasteiger charge is -2.28. The van der Waals surface area contributed by atoms with Crippen LogP contribution in [0.3, 0.4) is 0 Å². The average molecular weight is 349 g/mol. The summed E-state index contributed by atoms with van der Waals surface area (Å²) < 4.78 is 0. The normalized spacial score (nSPS) is 15.5. The Hall–Kier alpha value is -2.79. The largest absolute Gasteiger partial charge is 0.398 e. The van der Waals surface area contributed by atoms with Crippen LogP contribution >= 0.6 is 0 Å². The Morgan fingerprint density at radius 1 is 1.23 bits per heavy atom. The van der Waals surface area contributed by atoms with E-state index in [1.54, 1.807) is 0 Å². The summed E-state index contributed by atoms with van der Waals surface area (Å²) in [5.74, 6) is 1.02. The fourth-order valence-corrected chi connectivity index (χ4v) is 3.17. The molecule has 1 aliphatic heterocycles. The van der Waals surface area contributed by atoms with Crippen molar-refractivity contribution < 1.29 is 0 Å². The molecule has 0 amide bonds. The number of nitrogens with one attached hydrogen (secondary N) is 2. The van der Waals surface area contributed by atoms with Crippen molar-refractivity contribution in [2.45, 2.75) is 6.92 Å². The molecule has 26 heavy (non-hydrogen) atoms. The number of nitrogen functional groups attached to an aromatic ring is 1. The third kappa shape index (κ3) is 4.06. The molecule has 2 heterocycles. The van der Waals surface area contributed by atoms with E-state index in [1.165, 1.54) is 0 Å². The predicted molar refractivity (Wildman–Crippen MR) is 111 cm³/mol. The van der Waals surface area contributed by atoms with E-state index in [0.717, 1.165) is 59.9 Å². The number of pyridine rings is 1. The molecule has 0 radical (unpaired) electrons. The van der Waals surface area contributed by atoms with Crippen LogP contribution in [0.4, 0.5) is 11.5 Å². The summed E-state index contributed by atoms with van der Waals surface area (Å²) in [6, 6.07) is 10.3. The molecule has 4 N–H and O–H groups in total. The van der Waals surface area contributed by atoms with Crippen molar-refractivity contribution in [2.75, 3.05) is 43.9 Å². The van der Waals surface area contributed by atoms with E-state index >= 15 is 0 Å². The number of anilines is 2. The maximum Gasteiger partial charge on any atom is 0.128 e. The molecule has 2 aromatic rings. The molecule has 1 aromatic heterocycles. The van der Waals surface area contributed by atoms with E-state index in [4.69, 9.17) is 5.73 Å². The maximum atomic E-state index is 6.25. The molecule has 0 aliphatic carbocycles. The van der Waals surface area contributed by atoms with Gasteiger partial charge in [0.25, 0.3) is 0 Å². The highest BCUT2D eigenvalue weighted by atomic mass is 15.2. The zero-order chi connectivity index (χ0) is 18.4. The Morgan fingerprint density at radius 2 is 2.04 bits per heavy atom. The molecular weight excluding hydrogens is 322 g/mol. The van der Waals surface area contributed by atoms with Crippen molar-refractivity contribution in [3.63, 3.8) is 0 Å². The van der Waals surface area contributed by atoms with Crippen molar-refractivity contribution in [1.82, 2.24) is 15.6 Å². The average Bonchev–Trinajstić information content (AvgIpc) is 2.69. The first-order valence-electron chi connectivity index (χ1n) is 9.05. The first-order valence-corrected chi connectivity index (χ1v) is 9.05. The first kappa shape index (κ1) is 18.0. The molecule has 1 fully saturated rings. The Morgan fingerprint density at radius 3 is 2.69 bits per heavy atom. The van der Waals surface area contributed by atoms with Crippen LogP contribution in [0.5, 0.6) is 0 Å². The summed E-state index contributed by atoms with van der Waals surface area (Å²) in [6.07, 6.45) is 8.02. The van der Waals surface area contributed by atoms with E-state index in [2.05, 4.69) is 44.8 Å². The van der Waals surface area contributed by atoms with E-state index in [1.807, 2.05) is 44.6 Å². The van der Waals surface area contributed by atoms with Gasteiger partial charge in [-0.25, -0.2) is 4.98 Å². The van der Waals surface area contributed by atoms with Crippen molar-refractivity contribution in [1.29, 1.82) is 0 Å². The Labute approximate surface area is 155 Å². The zero-order valence-electron chi connectivity index (χ0n) is 15.5. The summed E-state index contributed by atoms with van der Waals surface area (Å²) in [5.41, 5.74) is 11.3. The first-order chi connectivity index (χ1) is 12.7. The number of allylic oxidation sites excluding steroid dienone is 3. The number of benzene rings is 1. The predicted octanol–water partition coefficient (Wildman–Crippen LogP) is 2.88. The van der Waals surface area contributed by atoms with Crippen LogP contribution in [0.15, 0.2) is 54.9 Å². The lowest BCUT2D eigenvalue weighted by Crippen LogP contribution is -2.43. The third-order valence-electron chi connectivity index (χ3n) is 4.53. The Bertz CT molecular complexity index is 787. The van der Waals surface area contributed by atoms with Gasteiger partial charge in [-0.2, -0.15) is 0 Å². The molecule has 5 heteroatoms. The molecule has 0 atom stereocenters. The molecule has 136 valence electrons. The van der Waals surface area contributed by atoms with E-state index in [9.17, 15) is 0 Å². The van der Waals surface area contributed by atoms with Gasteiger partial charge < -0.3 is 21.3 Å². The smallest absolute Gasteiger partial charge is 0.128 e. The lowest BCUT2D eigenvalue weighted by molar-refractivity contribution is 0.585. The quantitative estimate of drug-likeness (QED) is 0.572. The van der Waals surface area contributed by atoms with E-state index in [0.29, 0.717) is 0 Å². The van der Waals surface area contributed by atoms with Gasteiger partial charge in [0.05, 0.1) is 0 Å². The Kier molecular flexibility index (Phi) is 5.92. The van der Waals surface area contributed by atoms with Crippen molar-refractivity contribution in [3.05, 3.63) is 60.4 Å². The molecule has 1 aromatic carbocycles. The Balaban J connectivity index is 1.90. The summed E-state index contributed by atoms with van der Waals surface area (Å²) in [7, 11) is 1.90. The van der Waals surface area contributed by atoms with Crippen LogP contribution in [0.1, 0.15) is 12.5 Å².